The second-order valence-electron chi connectivity index (χ2n) is 6.08. The number of hydrogen-bond donors (Lipinski definition) is 2. The first-order valence-corrected chi connectivity index (χ1v) is 8.33. The standard InChI is InChI=1S/C16H32N2O2/c1-2-3-4-5-6-10-18(11-7-12-19)16(20)13-15(17)14-8-9-14/h14-15,19H,2-13,17H2,1H3. The van der Waals surface area contributed by atoms with Crippen molar-refractivity contribution in [3.63, 3.8) is 0 Å². The largest absolute Gasteiger partial charge is 0.396 e. The normalized spacial score (nSPS) is 16.1. The Bertz CT molecular complexity index is 267. The lowest BCUT2D eigenvalue weighted by Crippen LogP contribution is -2.38. The Kier molecular flexibility index (Phi) is 8.86. The van der Waals surface area contributed by atoms with Crippen LogP contribution < -0.4 is 5.73 Å². The van der Waals surface area contributed by atoms with E-state index in [2.05, 4.69) is 6.92 Å². The van der Waals surface area contributed by atoms with Gasteiger partial charge in [-0.2, -0.15) is 0 Å². The zero-order chi connectivity index (χ0) is 14.8. The smallest absolute Gasteiger partial charge is 0.224 e. The SMILES string of the molecule is CCCCCCCN(CCCO)C(=O)CC(N)C1CC1. The van der Waals surface area contributed by atoms with Gasteiger partial charge in [0.25, 0.3) is 0 Å². The summed E-state index contributed by atoms with van der Waals surface area (Å²) in [6.07, 6.45) is 9.52. The zero-order valence-electron chi connectivity index (χ0n) is 13.0. The summed E-state index contributed by atoms with van der Waals surface area (Å²) in [6, 6.07) is 0.0409. The Hall–Kier alpha value is -0.610. The molecule has 4 nitrogen and oxygen atoms in total. The third-order valence-electron chi connectivity index (χ3n) is 4.11. The van der Waals surface area contributed by atoms with Crippen LogP contribution in [0.2, 0.25) is 0 Å². The highest BCUT2D eigenvalue weighted by Gasteiger charge is 2.30. The molecule has 0 aliphatic heterocycles. The average Bonchev–Trinajstić information content (AvgIpc) is 3.26. The first kappa shape index (κ1) is 17.4. The molecule has 1 aliphatic rings. The number of amides is 1. The molecule has 1 unspecified atom stereocenters. The summed E-state index contributed by atoms with van der Waals surface area (Å²) in [4.78, 5) is 14.2. The van der Waals surface area contributed by atoms with Crippen molar-refractivity contribution in [2.45, 2.75) is 70.8 Å². The van der Waals surface area contributed by atoms with E-state index in [-0.39, 0.29) is 18.6 Å². The van der Waals surface area contributed by atoms with Crippen LogP contribution in [-0.4, -0.2) is 41.7 Å². The molecule has 0 aromatic carbocycles. The lowest BCUT2D eigenvalue weighted by atomic mass is 10.1. The van der Waals surface area contributed by atoms with Gasteiger partial charge in [-0.1, -0.05) is 32.6 Å². The minimum atomic E-state index is 0.0409. The van der Waals surface area contributed by atoms with Gasteiger partial charge in [0, 0.05) is 32.2 Å². The van der Waals surface area contributed by atoms with Crippen LogP contribution in [0, 0.1) is 5.92 Å². The van der Waals surface area contributed by atoms with E-state index in [1.165, 1.54) is 38.5 Å². The molecule has 1 fully saturated rings. The van der Waals surface area contributed by atoms with Crippen molar-refractivity contribution in [3.05, 3.63) is 0 Å². The van der Waals surface area contributed by atoms with E-state index in [4.69, 9.17) is 10.8 Å². The quantitative estimate of drug-likeness (QED) is 0.540. The second kappa shape index (κ2) is 10.2. The minimum Gasteiger partial charge on any atom is -0.396 e. The number of aliphatic hydroxyl groups is 1. The summed E-state index contributed by atoms with van der Waals surface area (Å²) in [5.41, 5.74) is 6.04. The molecule has 3 N–H and O–H groups in total. The highest BCUT2D eigenvalue weighted by molar-refractivity contribution is 5.76. The lowest BCUT2D eigenvalue weighted by molar-refractivity contribution is -0.131. The molecule has 20 heavy (non-hydrogen) atoms. The first-order chi connectivity index (χ1) is 9.69. The summed E-state index contributed by atoms with van der Waals surface area (Å²) in [7, 11) is 0. The van der Waals surface area contributed by atoms with Gasteiger partial charge >= 0.3 is 0 Å². The molecule has 0 bridgehead atoms. The number of hydrogen-bond acceptors (Lipinski definition) is 3. The summed E-state index contributed by atoms with van der Waals surface area (Å²) in [6.45, 7) is 3.84. The Balaban J connectivity index is 2.26. The van der Waals surface area contributed by atoms with Crippen LogP contribution in [0.4, 0.5) is 0 Å². The molecule has 4 heteroatoms. The average molecular weight is 284 g/mol. The molecule has 1 rings (SSSR count). The molecule has 1 amide bonds. The van der Waals surface area contributed by atoms with Gasteiger partial charge in [-0.15, -0.1) is 0 Å². The van der Waals surface area contributed by atoms with Crippen molar-refractivity contribution < 1.29 is 9.90 Å². The van der Waals surface area contributed by atoms with Crippen LogP contribution in [0.3, 0.4) is 0 Å². The van der Waals surface area contributed by atoms with E-state index < -0.39 is 0 Å². The topological polar surface area (TPSA) is 66.6 Å². The Labute approximate surface area is 123 Å². The van der Waals surface area contributed by atoms with Crippen molar-refractivity contribution in [2.24, 2.45) is 11.7 Å². The van der Waals surface area contributed by atoms with E-state index in [1.807, 2.05) is 4.90 Å². The number of unbranched alkanes of at least 4 members (excludes halogenated alkanes) is 4. The van der Waals surface area contributed by atoms with Gasteiger partial charge in [0.05, 0.1) is 0 Å². The van der Waals surface area contributed by atoms with Crippen molar-refractivity contribution >= 4 is 5.91 Å². The molecular formula is C16H32N2O2. The maximum Gasteiger partial charge on any atom is 0.224 e. The monoisotopic (exact) mass is 284 g/mol. The van der Waals surface area contributed by atoms with Crippen molar-refractivity contribution in [3.8, 4) is 0 Å². The predicted molar refractivity (Wildman–Crippen MR) is 82.4 cm³/mol. The summed E-state index contributed by atoms with van der Waals surface area (Å²) < 4.78 is 0. The van der Waals surface area contributed by atoms with Crippen LogP contribution >= 0.6 is 0 Å². The fourth-order valence-electron chi connectivity index (χ4n) is 2.55. The van der Waals surface area contributed by atoms with Crippen LogP contribution in [0.25, 0.3) is 0 Å². The maximum atomic E-state index is 12.3. The molecule has 1 saturated carbocycles. The summed E-state index contributed by atoms with van der Waals surface area (Å²) in [5.74, 6) is 0.747. The maximum absolute atomic E-state index is 12.3. The Morgan fingerprint density at radius 1 is 1.20 bits per heavy atom. The molecule has 0 aromatic heterocycles. The zero-order valence-corrected chi connectivity index (χ0v) is 13.0. The van der Waals surface area contributed by atoms with Gasteiger partial charge in [-0.3, -0.25) is 4.79 Å². The number of aliphatic hydroxyl groups excluding tert-OH is 1. The number of nitrogens with zero attached hydrogens (tertiary/aromatic N) is 1. The van der Waals surface area contributed by atoms with Gasteiger partial charge < -0.3 is 15.7 Å². The second-order valence-corrected chi connectivity index (χ2v) is 6.08. The molecule has 1 aliphatic carbocycles. The van der Waals surface area contributed by atoms with Crippen molar-refractivity contribution in [2.75, 3.05) is 19.7 Å². The van der Waals surface area contributed by atoms with Gasteiger partial charge in [0.15, 0.2) is 0 Å². The molecule has 1 atom stereocenters. The van der Waals surface area contributed by atoms with Crippen LogP contribution in [-0.2, 0) is 4.79 Å². The highest BCUT2D eigenvalue weighted by Crippen LogP contribution is 2.33. The van der Waals surface area contributed by atoms with Gasteiger partial charge in [0.2, 0.25) is 5.91 Å². The van der Waals surface area contributed by atoms with E-state index in [9.17, 15) is 4.79 Å². The van der Waals surface area contributed by atoms with Gasteiger partial charge in [-0.05, 0) is 31.6 Å². The van der Waals surface area contributed by atoms with Gasteiger partial charge in [0.1, 0.15) is 0 Å². The van der Waals surface area contributed by atoms with E-state index >= 15 is 0 Å². The first-order valence-electron chi connectivity index (χ1n) is 8.33. The molecule has 118 valence electrons. The minimum absolute atomic E-state index is 0.0409. The molecular weight excluding hydrogens is 252 g/mol. The lowest BCUT2D eigenvalue weighted by Gasteiger charge is -2.24. The predicted octanol–water partition coefficient (Wildman–Crippen LogP) is 2.30. The molecule has 0 heterocycles. The Morgan fingerprint density at radius 2 is 1.85 bits per heavy atom. The number of carbonyl (C=O) groups excluding carboxylic acids is 1. The molecule has 0 spiro atoms. The van der Waals surface area contributed by atoms with Crippen LogP contribution in [0.5, 0.6) is 0 Å². The number of nitrogens with two attached hydrogens (primary N) is 1. The summed E-state index contributed by atoms with van der Waals surface area (Å²) in [5, 5.41) is 8.96. The molecule has 0 aromatic rings. The molecule has 0 radical (unpaired) electrons. The van der Waals surface area contributed by atoms with Crippen LogP contribution in [0.15, 0.2) is 0 Å². The van der Waals surface area contributed by atoms with Crippen LogP contribution in [0.1, 0.15) is 64.7 Å². The fraction of sp³-hybridized carbons (Fsp3) is 0.938. The number of rotatable bonds is 12. The van der Waals surface area contributed by atoms with Gasteiger partial charge in [-0.25, -0.2) is 0 Å². The van der Waals surface area contributed by atoms with E-state index in [0.717, 1.165) is 13.0 Å². The van der Waals surface area contributed by atoms with Crippen molar-refractivity contribution in [1.29, 1.82) is 0 Å². The Morgan fingerprint density at radius 3 is 2.45 bits per heavy atom. The van der Waals surface area contributed by atoms with Crippen molar-refractivity contribution in [1.82, 2.24) is 4.90 Å². The third-order valence-corrected chi connectivity index (χ3v) is 4.11. The summed E-state index contributed by atoms with van der Waals surface area (Å²) >= 11 is 0. The molecule has 0 saturated heterocycles. The van der Waals surface area contributed by atoms with E-state index in [1.54, 1.807) is 0 Å². The fourth-order valence-corrected chi connectivity index (χ4v) is 2.55. The highest BCUT2D eigenvalue weighted by atomic mass is 16.3. The third kappa shape index (κ3) is 7.25. The number of carbonyl (C=O) groups is 1. The van der Waals surface area contributed by atoms with E-state index in [0.29, 0.717) is 25.3 Å².